The van der Waals surface area contributed by atoms with E-state index in [-0.39, 0.29) is 12.8 Å². The van der Waals surface area contributed by atoms with Crippen molar-refractivity contribution in [3.05, 3.63) is 59.8 Å². The third kappa shape index (κ3) is 3.59. The van der Waals surface area contributed by atoms with Crippen molar-refractivity contribution in [3.8, 4) is 11.5 Å². The van der Waals surface area contributed by atoms with Crippen molar-refractivity contribution in [3.63, 3.8) is 0 Å². The minimum Gasteiger partial charge on any atom is -0.454 e. The number of para-hydroxylation sites is 1. The Morgan fingerprint density at radius 3 is 2.73 bits per heavy atom. The summed E-state index contributed by atoms with van der Waals surface area (Å²) in [5.74, 6) is 1.54. The van der Waals surface area contributed by atoms with Gasteiger partial charge in [-0.05, 0) is 42.2 Å². The SMILES string of the molecule is O=C(NCCc1ccc2c(c1)OCO2)NCCc1c[nH]c2ccccc12. The number of urea groups is 1. The van der Waals surface area contributed by atoms with E-state index in [0.717, 1.165) is 35.4 Å². The van der Waals surface area contributed by atoms with Crippen LogP contribution >= 0.6 is 0 Å². The van der Waals surface area contributed by atoms with Crippen LogP contribution in [0.3, 0.4) is 0 Å². The molecule has 1 aliphatic rings. The molecule has 1 aromatic heterocycles. The fraction of sp³-hybridized carbons (Fsp3) is 0.250. The Kier molecular flexibility index (Phi) is 4.64. The first-order valence-corrected chi connectivity index (χ1v) is 8.75. The van der Waals surface area contributed by atoms with E-state index >= 15 is 0 Å². The van der Waals surface area contributed by atoms with Crippen molar-refractivity contribution >= 4 is 16.9 Å². The molecule has 0 bridgehead atoms. The molecule has 0 fully saturated rings. The molecule has 6 heteroatoms. The number of carbonyl (C=O) groups excluding carboxylic acids is 1. The summed E-state index contributed by atoms with van der Waals surface area (Å²) in [6.45, 7) is 1.44. The van der Waals surface area contributed by atoms with Gasteiger partial charge in [0.05, 0.1) is 0 Å². The first kappa shape index (κ1) is 16.3. The number of hydrogen-bond donors (Lipinski definition) is 3. The summed E-state index contributed by atoms with van der Waals surface area (Å²) in [6.07, 6.45) is 3.54. The van der Waals surface area contributed by atoms with Crippen LogP contribution < -0.4 is 20.1 Å². The number of carbonyl (C=O) groups is 1. The molecule has 6 nitrogen and oxygen atoms in total. The standard InChI is InChI=1S/C20H21N3O3/c24-20(21-9-7-14-5-6-18-19(11-14)26-13-25-18)22-10-8-15-12-23-17-4-2-1-3-16(15)17/h1-6,11-12,23H,7-10,13H2,(H2,21,22,24). The lowest BCUT2D eigenvalue weighted by Gasteiger charge is -2.08. The number of hydrogen-bond acceptors (Lipinski definition) is 3. The Hall–Kier alpha value is -3.15. The molecule has 26 heavy (non-hydrogen) atoms. The lowest BCUT2D eigenvalue weighted by atomic mass is 10.1. The molecule has 0 radical (unpaired) electrons. The zero-order valence-electron chi connectivity index (χ0n) is 14.4. The summed E-state index contributed by atoms with van der Waals surface area (Å²) in [6, 6.07) is 13.9. The van der Waals surface area contributed by atoms with Crippen molar-refractivity contribution in [1.29, 1.82) is 0 Å². The summed E-state index contributed by atoms with van der Waals surface area (Å²) < 4.78 is 10.7. The molecule has 0 atom stereocenters. The topological polar surface area (TPSA) is 75.4 Å². The van der Waals surface area contributed by atoms with Gasteiger partial charge in [-0.15, -0.1) is 0 Å². The number of amides is 2. The molecule has 2 heterocycles. The number of H-pyrrole nitrogens is 1. The van der Waals surface area contributed by atoms with E-state index in [1.54, 1.807) is 0 Å². The lowest BCUT2D eigenvalue weighted by Crippen LogP contribution is -2.37. The smallest absolute Gasteiger partial charge is 0.314 e. The molecule has 0 aliphatic carbocycles. The van der Waals surface area contributed by atoms with Gasteiger partial charge in [0.1, 0.15) is 0 Å². The fourth-order valence-corrected chi connectivity index (χ4v) is 3.13. The van der Waals surface area contributed by atoms with Crippen molar-refractivity contribution < 1.29 is 14.3 Å². The predicted octanol–water partition coefficient (Wildman–Crippen LogP) is 2.98. The van der Waals surface area contributed by atoms with Crippen molar-refractivity contribution in [1.82, 2.24) is 15.6 Å². The molecule has 3 aromatic rings. The summed E-state index contributed by atoms with van der Waals surface area (Å²) in [4.78, 5) is 15.2. The zero-order chi connectivity index (χ0) is 17.8. The maximum absolute atomic E-state index is 11.9. The molecule has 2 amide bonds. The van der Waals surface area contributed by atoms with Gasteiger partial charge >= 0.3 is 6.03 Å². The first-order chi connectivity index (χ1) is 12.8. The highest BCUT2D eigenvalue weighted by Gasteiger charge is 2.13. The molecule has 2 aromatic carbocycles. The average molecular weight is 351 g/mol. The second-order valence-electron chi connectivity index (χ2n) is 6.23. The van der Waals surface area contributed by atoms with Gasteiger partial charge in [-0.2, -0.15) is 0 Å². The molecule has 1 aliphatic heterocycles. The third-order valence-corrected chi connectivity index (χ3v) is 4.49. The monoisotopic (exact) mass is 351 g/mol. The molecule has 134 valence electrons. The van der Waals surface area contributed by atoms with Gasteiger partial charge in [0.15, 0.2) is 11.5 Å². The molecular formula is C20H21N3O3. The van der Waals surface area contributed by atoms with E-state index in [0.29, 0.717) is 13.1 Å². The largest absolute Gasteiger partial charge is 0.454 e. The van der Waals surface area contributed by atoms with E-state index in [4.69, 9.17) is 9.47 Å². The van der Waals surface area contributed by atoms with Crippen molar-refractivity contribution in [2.75, 3.05) is 19.9 Å². The number of ether oxygens (including phenoxy) is 2. The van der Waals surface area contributed by atoms with Crippen LogP contribution in [0, 0.1) is 0 Å². The fourth-order valence-electron chi connectivity index (χ4n) is 3.13. The van der Waals surface area contributed by atoms with E-state index in [1.165, 1.54) is 10.9 Å². The van der Waals surface area contributed by atoms with E-state index in [9.17, 15) is 4.79 Å². The van der Waals surface area contributed by atoms with Gasteiger partial charge in [-0.25, -0.2) is 4.79 Å². The highest BCUT2D eigenvalue weighted by molar-refractivity contribution is 5.83. The van der Waals surface area contributed by atoms with Crippen molar-refractivity contribution in [2.24, 2.45) is 0 Å². The average Bonchev–Trinajstić information content (AvgIpc) is 3.28. The Morgan fingerprint density at radius 1 is 1.00 bits per heavy atom. The molecule has 0 spiro atoms. The first-order valence-electron chi connectivity index (χ1n) is 8.75. The molecule has 3 N–H and O–H groups in total. The summed E-state index contributed by atoms with van der Waals surface area (Å²) in [5.41, 5.74) is 3.44. The maximum Gasteiger partial charge on any atom is 0.314 e. The predicted molar refractivity (Wildman–Crippen MR) is 99.7 cm³/mol. The summed E-state index contributed by atoms with van der Waals surface area (Å²) in [7, 11) is 0. The third-order valence-electron chi connectivity index (χ3n) is 4.49. The second kappa shape index (κ2) is 7.39. The van der Waals surface area contributed by atoms with Gasteiger partial charge in [-0.1, -0.05) is 24.3 Å². The highest BCUT2D eigenvalue weighted by atomic mass is 16.7. The van der Waals surface area contributed by atoms with Crippen LogP contribution in [0.5, 0.6) is 11.5 Å². The van der Waals surface area contributed by atoms with Gasteiger partial charge in [0.25, 0.3) is 0 Å². The minimum absolute atomic E-state index is 0.148. The Morgan fingerprint density at radius 2 is 1.81 bits per heavy atom. The van der Waals surface area contributed by atoms with E-state index in [1.807, 2.05) is 36.5 Å². The normalized spacial score (nSPS) is 12.3. The summed E-state index contributed by atoms with van der Waals surface area (Å²) >= 11 is 0. The van der Waals surface area contributed by atoms with Gasteiger partial charge in [0, 0.05) is 30.2 Å². The number of nitrogens with one attached hydrogen (secondary N) is 3. The Balaban J connectivity index is 1.20. The number of fused-ring (bicyclic) bond motifs is 2. The molecule has 0 saturated heterocycles. The van der Waals surface area contributed by atoms with Crippen LogP contribution in [0.1, 0.15) is 11.1 Å². The summed E-state index contributed by atoms with van der Waals surface area (Å²) in [5, 5.41) is 7.00. The number of rotatable bonds is 6. The van der Waals surface area contributed by atoms with Crippen LogP contribution in [0.15, 0.2) is 48.7 Å². The molecule has 0 unspecified atom stereocenters. The van der Waals surface area contributed by atoms with E-state index < -0.39 is 0 Å². The highest BCUT2D eigenvalue weighted by Crippen LogP contribution is 2.32. The Labute approximate surface area is 151 Å². The van der Waals surface area contributed by atoms with Crippen LogP contribution in [-0.4, -0.2) is 30.9 Å². The quantitative estimate of drug-likeness (QED) is 0.639. The van der Waals surface area contributed by atoms with Crippen LogP contribution in [-0.2, 0) is 12.8 Å². The lowest BCUT2D eigenvalue weighted by molar-refractivity contribution is 0.174. The van der Waals surface area contributed by atoms with Gasteiger partial charge in [0.2, 0.25) is 6.79 Å². The molecule has 0 saturated carbocycles. The zero-order valence-corrected chi connectivity index (χ0v) is 14.4. The van der Waals surface area contributed by atoms with Crippen LogP contribution in [0.4, 0.5) is 4.79 Å². The van der Waals surface area contributed by atoms with E-state index in [2.05, 4.69) is 27.8 Å². The van der Waals surface area contributed by atoms with Gasteiger partial charge < -0.3 is 25.1 Å². The maximum atomic E-state index is 11.9. The minimum atomic E-state index is -0.148. The Bertz CT molecular complexity index is 920. The number of aromatic nitrogens is 1. The van der Waals surface area contributed by atoms with Crippen LogP contribution in [0.25, 0.3) is 10.9 Å². The van der Waals surface area contributed by atoms with Crippen LogP contribution in [0.2, 0.25) is 0 Å². The van der Waals surface area contributed by atoms with Crippen molar-refractivity contribution in [2.45, 2.75) is 12.8 Å². The number of benzene rings is 2. The number of aromatic amines is 1. The molecule has 4 rings (SSSR count). The van der Waals surface area contributed by atoms with Gasteiger partial charge in [-0.3, -0.25) is 0 Å². The molecular weight excluding hydrogens is 330 g/mol. The second-order valence-corrected chi connectivity index (χ2v) is 6.23.